The van der Waals surface area contributed by atoms with Crippen molar-refractivity contribution < 1.29 is 31.5 Å². The van der Waals surface area contributed by atoms with E-state index in [-0.39, 0.29) is 11.8 Å². The number of amides is 1. The molecule has 0 aliphatic carbocycles. The maximum Gasteiger partial charge on any atom is 0.341 e. The number of alkyl halides is 2. The smallest absolute Gasteiger partial charge is 0.341 e. The third-order valence-corrected chi connectivity index (χ3v) is 5.65. The van der Waals surface area contributed by atoms with Crippen LogP contribution in [0.2, 0.25) is 0 Å². The Kier molecular flexibility index (Phi) is 6.25. The van der Waals surface area contributed by atoms with Crippen molar-refractivity contribution in [2.24, 2.45) is 0 Å². The van der Waals surface area contributed by atoms with Crippen LogP contribution in [0.4, 0.5) is 14.5 Å². The number of nitrogens with one attached hydrogen (secondary N) is 1. The van der Waals surface area contributed by atoms with Crippen molar-refractivity contribution in [2.75, 3.05) is 18.5 Å². The minimum absolute atomic E-state index is 0.0971. The van der Waals surface area contributed by atoms with Crippen molar-refractivity contribution in [1.29, 1.82) is 0 Å². The number of carbonyl (C=O) groups is 1. The molecule has 1 N–H and O–H groups in total. The van der Waals surface area contributed by atoms with E-state index in [4.69, 9.17) is 9.47 Å². The molecule has 1 fully saturated rings. The first kappa shape index (κ1) is 20.2. The molecular weight excluding hydrogens is 392 g/mol. The number of anilines is 1. The number of carbonyl (C=O) groups excluding carboxylic acids is 1. The first-order chi connectivity index (χ1) is 13.4. The molecule has 1 saturated heterocycles. The fourth-order valence-electron chi connectivity index (χ4n) is 2.70. The number of ether oxygens (including phenoxy) is 2. The van der Waals surface area contributed by atoms with Crippen LogP contribution in [0.5, 0.6) is 5.75 Å². The van der Waals surface area contributed by atoms with Crippen molar-refractivity contribution in [2.45, 2.75) is 29.6 Å². The molecule has 0 unspecified atom stereocenters. The predicted octanol–water partition coefficient (Wildman–Crippen LogP) is 3.49. The Bertz CT molecular complexity index is 908. The van der Waals surface area contributed by atoms with Crippen LogP contribution in [0.1, 0.15) is 23.2 Å². The third-order valence-electron chi connectivity index (χ3n) is 4.25. The zero-order chi connectivity index (χ0) is 20.1. The summed E-state index contributed by atoms with van der Waals surface area (Å²) in [4.78, 5) is 11.8. The molecule has 2 aromatic carbocycles. The largest absolute Gasteiger partial charge is 0.491 e. The fourth-order valence-corrected chi connectivity index (χ4v) is 3.42. The minimum atomic E-state index is -4.66. The van der Waals surface area contributed by atoms with Crippen molar-refractivity contribution >= 4 is 21.4 Å². The van der Waals surface area contributed by atoms with Crippen LogP contribution in [0.3, 0.4) is 0 Å². The highest BCUT2D eigenvalue weighted by molar-refractivity contribution is 7.91. The van der Waals surface area contributed by atoms with Gasteiger partial charge in [0.05, 0.1) is 11.0 Å². The van der Waals surface area contributed by atoms with Gasteiger partial charge in [0.15, 0.2) is 0 Å². The molecule has 1 aliphatic heterocycles. The number of halogens is 2. The normalized spacial score (nSPS) is 16.9. The lowest BCUT2D eigenvalue weighted by Gasteiger charge is -2.12. The lowest BCUT2D eigenvalue weighted by Crippen LogP contribution is -2.16. The summed E-state index contributed by atoms with van der Waals surface area (Å²) < 4.78 is 59.0. The molecule has 1 aliphatic rings. The van der Waals surface area contributed by atoms with Crippen LogP contribution in [0.15, 0.2) is 53.4 Å². The number of sulfone groups is 1. The van der Waals surface area contributed by atoms with E-state index >= 15 is 0 Å². The monoisotopic (exact) mass is 411 g/mol. The quantitative estimate of drug-likeness (QED) is 0.754. The highest BCUT2D eigenvalue weighted by Gasteiger charge is 2.26. The van der Waals surface area contributed by atoms with Crippen LogP contribution in [0.25, 0.3) is 0 Å². The molecule has 3 rings (SSSR count). The van der Waals surface area contributed by atoms with E-state index < -0.39 is 26.4 Å². The van der Waals surface area contributed by atoms with Crippen molar-refractivity contribution in [3.63, 3.8) is 0 Å². The Balaban J connectivity index is 1.58. The van der Waals surface area contributed by atoms with E-state index in [9.17, 15) is 22.0 Å². The van der Waals surface area contributed by atoms with Gasteiger partial charge in [-0.2, -0.15) is 8.78 Å². The highest BCUT2D eigenvalue weighted by atomic mass is 32.2. The molecule has 2 aromatic rings. The van der Waals surface area contributed by atoms with E-state index in [1.54, 1.807) is 24.3 Å². The molecule has 1 atom stereocenters. The molecule has 0 bridgehead atoms. The van der Waals surface area contributed by atoms with Gasteiger partial charge in [-0.05, 0) is 61.4 Å². The molecule has 9 heteroatoms. The molecule has 150 valence electrons. The number of rotatable bonds is 7. The van der Waals surface area contributed by atoms with E-state index in [1.165, 1.54) is 12.1 Å². The Labute approximate surface area is 161 Å². The van der Waals surface area contributed by atoms with Gasteiger partial charge < -0.3 is 14.8 Å². The van der Waals surface area contributed by atoms with Gasteiger partial charge in [0.2, 0.25) is 9.84 Å². The maximum atomic E-state index is 12.5. The third kappa shape index (κ3) is 4.85. The number of hydrogen-bond donors (Lipinski definition) is 1. The van der Waals surface area contributed by atoms with Crippen molar-refractivity contribution in [1.82, 2.24) is 0 Å². The Morgan fingerprint density at radius 3 is 2.39 bits per heavy atom. The molecule has 1 heterocycles. The second-order valence-corrected chi connectivity index (χ2v) is 8.17. The standard InChI is InChI=1S/C19H19F2NO5S/c20-19(21)28(24,25)17-9-5-14(6-10-17)22-18(23)13-3-7-15(8-4-13)27-12-16-2-1-11-26-16/h3-10,16,19H,1-2,11-12H2,(H,22,23)/t16-/m1/s1. The van der Waals surface area contributed by atoms with Gasteiger partial charge in [0, 0.05) is 17.9 Å². The summed E-state index contributed by atoms with van der Waals surface area (Å²) in [5, 5.41) is 2.58. The molecule has 0 saturated carbocycles. The Morgan fingerprint density at radius 1 is 1.14 bits per heavy atom. The first-order valence-electron chi connectivity index (χ1n) is 8.64. The summed E-state index contributed by atoms with van der Waals surface area (Å²) in [7, 11) is -4.66. The topological polar surface area (TPSA) is 81.7 Å². The molecule has 28 heavy (non-hydrogen) atoms. The van der Waals surface area contributed by atoms with Crippen LogP contribution >= 0.6 is 0 Å². The van der Waals surface area contributed by atoms with E-state index in [0.717, 1.165) is 31.6 Å². The minimum Gasteiger partial charge on any atom is -0.491 e. The van der Waals surface area contributed by atoms with Gasteiger partial charge in [0.25, 0.3) is 5.91 Å². The van der Waals surface area contributed by atoms with E-state index in [0.29, 0.717) is 17.9 Å². The fraction of sp³-hybridized carbons (Fsp3) is 0.316. The van der Waals surface area contributed by atoms with Crippen LogP contribution < -0.4 is 10.1 Å². The summed E-state index contributed by atoms with van der Waals surface area (Å²) >= 11 is 0. The molecule has 1 amide bonds. The zero-order valence-electron chi connectivity index (χ0n) is 14.8. The Hall–Kier alpha value is -2.52. The molecule has 0 spiro atoms. The zero-order valence-corrected chi connectivity index (χ0v) is 15.6. The lowest BCUT2D eigenvalue weighted by molar-refractivity contribution is 0.0679. The average Bonchev–Trinajstić information content (AvgIpc) is 3.20. The van der Waals surface area contributed by atoms with Gasteiger partial charge in [-0.3, -0.25) is 4.79 Å². The van der Waals surface area contributed by atoms with Crippen LogP contribution in [-0.4, -0.2) is 39.4 Å². The van der Waals surface area contributed by atoms with Crippen molar-refractivity contribution in [3.8, 4) is 5.75 Å². The summed E-state index contributed by atoms with van der Waals surface area (Å²) in [6.45, 7) is 1.21. The van der Waals surface area contributed by atoms with E-state index in [1.807, 2.05) is 0 Å². The van der Waals surface area contributed by atoms with Gasteiger partial charge >= 0.3 is 5.76 Å². The average molecular weight is 411 g/mol. The number of benzene rings is 2. The van der Waals surface area contributed by atoms with Crippen LogP contribution in [0, 0.1) is 0 Å². The highest BCUT2D eigenvalue weighted by Crippen LogP contribution is 2.21. The molecule has 0 radical (unpaired) electrons. The summed E-state index contributed by atoms with van der Waals surface area (Å²) in [6, 6.07) is 11.1. The molecule has 6 nitrogen and oxygen atoms in total. The number of hydrogen-bond acceptors (Lipinski definition) is 5. The maximum absolute atomic E-state index is 12.5. The van der Waals surface area contributed by atoms with Gasteiger partial charge in [-0.25, -0.2) is 8.42 Å². The van der Waals surface area contributed by atoms with Gasteiger partial charge in [-0.15, -0.1) is 0 Å². The van der Waals surface area contributed by atoms with Crippen molar-refractivity contribution in [3.05, 3.63) is 54.1 Å². The van der Waals surface area contributed by atoms with Gasteiger partial charge in [0.1, 0.15) is 12.4 Å². The first-order valence-corrected chi connectivity index (χ1v) is 10.2. The summed E-state index contributed by atoms with van der Waals surface area (Å²) in [5.74, 6) is -3.29. The second kappa shape index (κ2) is 8.66. The second-order valence-electron chi connectivity index (χ2n) is 6.25. The SMILES string of the molecule is O=C(Nc1ccc(S(=O)(=O)C(F)F)cc1)c1ccc(OC[C@H]2CCCO2)cc1. The summed E-state index contributed by atoms with van der Waals surface area (Å²) in [6.07, 6.45) is 2.10. The Morgan fingerprint density at radius 2 is 1.82 bits per heavy atom. The van der Waals surface area contributed by atoms with E-state index in [2.05, 4.69) is 5.32 Å². The van der Waals surface area contributed by atoms with Gasteiger partial charge in [-0.1, -0.05) is 0 Å². The molecule has 0 aromatic heterocycles. The predicted molar refractivity (Wildman–Crippen MR) is 98.5 cm³/mol. The lowest BCUT2D eigenvalue weighted by atomic mass is 10.2. The summed E-state index contributed by atoms with van der Waals surface area (Å²) in [5.41, 5.74) is 0.658. The van der Waals surface area contributed by atoms with Crippen LogP contribution in [-0.2, 0) is 14.6 Å². The molecular formula is C19H19F2NO5S.